The highest BCUT2D eigenvalue weighted by molar-refractivity contribution is 6.30. The van der Waals surface area contributed by atoms with E-state index < -0.39 is 0 Å². The van der Waals surface area contributed by atoms with Gasteiger partial charge in [0.2, 0.25) is 5.91 Å². The Bertz CT molecular complexity index is 407. The minimum absolute atomic E-state index is 0.0102. The first kappa shape index (κ1) is 13.3. The average molecular weight is 268 g/mol. The number of benzene rings is 1. The summed E-state index contributed by atoms with van der Waals surface area (Å²) in [6.45, 7) is 2.65. The molecule has 1 aromatic rings. The molecule has 1 aliphatic heterocycles. The molecule has 1 aromatic carbocycles. The first-order valence-corrected chi connectivity index (χ1v) is 6.54. The molecule has 18 heavy (non-hydrogen) atoms. The van der Waals surface area contributed by atoms with Gasteiger partial charge in [-0.15, -0.1) is 0 Å². The second kappa shape index (κ2) is 6.18. The van der Waals surface area contributed by atoms with Crippen LogP contribution >= 0.6 is 11.6 Å². The third-order valence-electron chi connectivity index (χ3n) is 3.34. The highest BCUT2D eigenvalue weighted by Crippen LogP contribution is 2.19. The number of carbonyl (C=O) groups is 1. The van der Waals surface area contributed by atoms with Gasteiger partial charge in [-0.05, 0) is 37.1 Å². The van der Waals surface area contributed by atoms with E-state index in [9.17, 15) is 4.79 Å². The zero-order valence-corrected chi connectivity index (χ0v) is 11.0. The standard InChI is InChI=1S/C13H18ClN3O/c14-12-5-3-10(4-6-12)8-17-7-1-2-11(9-17)13(18)16-15/h3-6,11H,1-2,7-9,15H2,(H,16,18). The van der Waals surface area contributed by atoms with Crippen LogP contribution in [0.15, 0.2) is 24.3 Å². The zero-order chi connectivity index (χ0) is 13.0. The Balaban J connectivity index is 1.93. The van der Waals surface area contributed by atoms with E-state index in [1.165, 1.54) is 5.56 Å². The normalized spacial score (nSPS) is 20.7. The number of carbonyl (C=O) groups excluding carboxylic acids is 1. The van der Waals surface area contributed by atoms with Crippen LogP contribution in [0, 0.1) is 5.92 Å². The third-order valence-corrected chi connectivity index (χ3v) is 3.59. The lowest BCUT2D eigenvalue weighted by Crippen LogP contribution is -2.44. The maximum atomic E-state index is 11.5. The van der Waals surface area contributed by atoms with Gasteiger partial charge < -0.3 is 0 Å². The first-order chi connectivity index (χ1) is 8.69. The van der Waals surface area contributed by atoms with Crippen LogP contribution in [0.2, 0.25) is 5.02 Å². The maximum Gasteiger partial charge on any atom is 0.238 e. The highest BCUT2D eigenvalue weighted by atomic mass is 35.5. The molecule has 98 valence electrons. The largest absolute Gasteiger partial charge is 0.298 e. The summed E-state index contributed by atoms with van der Waals surface area (Å²) < 4.78 is 0. The smallest absolute Gasteiger partial charge is 0.238 e. The second-order valence-electron chi connectivity index (χ2n) is 4.71. The molecule has 1 aliphatic rings. The number of halogens is 1. The maximum absolute atomic E-state index is 11.5. The predicted octanol–water partition coefficient (Wildman–Crippen LogP) is 1.54. The summed E-state index contributed by atoms with van der Waals surface area (Å²) in [5.41, 5.74) is 3.46. The van der Waals surface area contributed by atoms with Crippen LogP contribution in [0.1, 0.15) is 18.4 Å². The van der Waals surface area contributed by atoms with Crippen LogP contribution in [-0.2, 0) is 11.3 Å². The Morgan fingerprint density at radius 1 is 1.44 bits per heavy atom. The van der Waals surface area contributed by atoms with Gasteiger partial charge in [0, 0.05) is 18.1 Å². The summed E-state index contributed by atoms with van der Waals surface area (Å²) in [4.78, 5) is 13.8. The first-order valence-electron chi connectivity index (χ1n) is 6.16. The average Bonchev–Trinajstić information content (AvgIpc) is 2.41. The molecular weight excluding hydrogens is 250 g/mol. The van der Waals surface area contributed by atoms with E-state index in [1.54, 1.807) is 0 Å². The van der Waals surface area contributed by atoms with Gasteiger partial charge in [0.05, 0.1) is 5.92 Å². The van der Waals surface area contributed by atoms with Crippen molar-refractivity contribution in [3.63, 3.8) is 0 Å². The predicted molar refractivity (Wildman–Crippen MR) is 71.8 cm³/mol. The number of nitrogens with two attached hydrogens (primary N) is 1. The van der Waals surface area contributed by atoms with E-state index in [1.807, 2.05) is 24.3 Å². The van der Waals surface area contributed by atoms with Crippen LogP contribution in [-0.4, -0.2) is 23.9 Å². The molecule has 0 radical (unpaired) electrons. The van der Waals surface area contributed by atoms with E-state index >= 15 is 0 Å². The Morgan fingerprint density at radius 2 is 2.17 bits per heavy atom. The Kier molecular flexibility index (Phi) is 4.58. The fraction of sp³-hybridized carbons (Fsp3) is 0.462. The number of nitrogens with one attached hydrogen (secondary N) is 1. The lowest BCUT2D eigenvalue weighted by molar-refractivity contribution is -0.126. The number of likely N-dealkylation sites (tertiary alicyclic amines) is 1. The Morgan fingerprint density at radius 3 is 2.83 bits per heavy atom. The van der Waals surface area contributed by atoms with E-state index in [4.69, 9.17) is 17.4 Å². The number of nitrogens with zero attached hydrogens (tertiary/aromatic N) is 1. The summed E-state index contributed by atoms with van der Waals surface area (Å²) in [6.07, 6.45) is 1.95. The summed E-state index contributed by atoms with van der Waals surface area (Å²) in [5, 5.41) is 0.748. The minimum atomic E-state index is -0.0594. The van der Waals surface area contributed by atoms with Crippen LogP contribution in [0.25, 0.3) is 0 Å². The lowest BCUT2D eigenvalue weighted by Gasteiger charge is -2.31. The molecule has 0 aromatic heterocycles. The summed E-state index contributed by atoms with van der Waals surface area (Å²) >= 11 is 5.86. The molecule has 0 aliphatic carbocycles. The van der Waals surface area contributed by atoms with Gasteiger partial charge in [0.25, 0.3) is 0 Å². The van der Waals surface area contributed by atoms with Crippen molar-refractivity contribution >= 4 is 17.5 Å². The SMILES string of the molecule is NNC(=O)C1CCCN(Cc2ccc(Cl)cc2)C1. The molecule has 1 amide bonds. The van der Waals surface area contributed by atoms with Crippen molar-refractivity contribution in [2.75, 3.05) is 13.1 Å². The second-order valence-corrected chi connectivity index (χ2v) is 5.15. The summed E-state index contributed by atoms with van der Waals surface area (Å²) in [7, 11) is 0. The van der Waals surface area contributed by atoms with Crippen LogP contribution in [0.5, 0.6) is 0 Å². The van der Waals surface area contributed by atoms with E-state index in [0.717, 1.165) is 37.5 Å². The van der Waals surface area contributed by atoms with Crippen LogP contribution < -0.4 is 11.3 Å². The third kappa shape index (κ3) is 3.45. The van der Waals surface area contributed by atoms with Crippen LogP contribution in [0.4, 0.5) is 0 Å². The van der Waals surface area contributed by atoms with Crippen molar-refractivity contribution in [1.29, 1.82) is 0 Å². The van der Waals surface area contributed by atoms with Gasteiger partial charge in [-0.3, -0.25) is 15.1 Å². The molecule has 5 heteroatoms. The highest BCUT2D eigenvalue weighted by Gasteiger charge is 2.25. The number of piperidine rings is 1. The fourth-order valence-electron chi connectivity index (χ4n) is 2.38. The topological polar surface area (TPSA) is 58.4 Å². The molecule has 0 spiro atoms. The molecule has 1 saturated heterocycles. The van der Waals surface area contributed by atoms with Crippen molar-refractivity contribution in [1.82, 2.24) is 10.3 Å². The number of hydrogen-bond donors (Lipinski definition) is 2. The molecule has 4 nitrogen and oxygen atoms in total. The Hall–Kier alpha value is -1.10. The minimum Gasteiger partial charge on any atom is -0.298 e. The van der Waals surface area contributed by atoms with Crippen molar-refractivity contribution in [3.05, 3.63) is 34.9 Å². The van der Waals surface area contributed by atoms with E-state index in [2.05, 4.69) is 10.3 Å². The van der Waals surface area contributed by atoms with E-state index in [0.29, 0.717) is 0 Å². The van der Waals surface area contributed by atoms with Crippen LogP contribution in [0.3, 0.4) is 0 Å². The monoisotopic (exact) mass is 267 g/mol. The van der Waals surface area contributed by atoms with Crippen molar-refractivity contribution in [3.8, 4) is 0 Å². The van der Waals surface area contributed by atoms with Gasteiger partial charge >= 0.3 is 0 Å². The van der Waals surface area contributed by atoms with Gasteiger partial charge in [-0.2, -0.15) is 0 Å². The number of hydrazine groups is 1. The molecule has 0 bridgehead atoms. The molecule has 1 unspecified atom stereocenters. The zero-order valence-electron chi connectivity index (χ0n) is 10.2. The number of amides is 1. The molecule has 1 fully saturated rings. The van der Waals surface area contributed by atoms with E-state index in [-0.39, 0.29) is 11.8 Å². The van der Waals surface area contributed by atoms with Gasteiger partial charge in [-0.25, -0.2) is 5.84 Å². The molecule has 2 rings (SSSR count). The van der Waals surface area contributed by atoms with Gasteiger partial charge in [0.1, 0.15) is 0 Å². The molecular formula is C13H18ClN3O. The quantitative estimate of drug-likeness (QED) is 0.496. The number of hydrogen-bond acceptors (Lipinski definition) is 3. The van der Waals surface area contributed by atoms with Crippen molar-refractivity contribution in [2.45, 2.75) is 19.4 Å². The summed E-state index contributed by atoms with van der Waals surface area (Å²) in [6, 6.07) is 7.83. The molecule has 1 heterocycles. The summed E-state index contributed by atoms with van der Waals surface area (Å²) in [5.74, 6) is 5.14. The molecule has 3 N–H and O–H groups in total. The fourth-order valence-corrected chi connectivity index (χ4v) is 2.51. The van der Waals surface area contributed by atoms with Gasteiger partial charge in [-0.1, -0.05) is 23.7 Å². The van der Waals surface area contributed by atoms with Crippen molar-refractivity contribution in [2.24, 2.45) is 11.8 Å². The number of rotatable bonds is 3. The van der Waals surface area contributed by atoms with Gasteiger partial charge in [0.15, 0.2) is 0 Å². The molecule has 0 saturated carbocycles. The Labute approximate surface area is 112 Å². The van der Waals surface area contributed by atoms with Crippen molar-refractivity contribution < 1.29 is 4.79 Å². The lowest BCUT2D eigenvalue weighted by atomic mass is 9.97. The molecule has 1 atom stereocenters.